The summed E-state index contributed by atoms with van der Waals surface area (Å²) < 4.78 is 0. The van der Waals surface area contributed by atoms with Gasteiger partial charge in [0.25, 0.3) is 0 Å². The van der Waals surface area contributed by atoms with Crippen LogP contribution in [0.4, 0.5) is 5.69 Å². The largest absolute Gasteiger partial charge is 0.481 e. The van der Waals surface area contributed by atoms with E-state index in [9.17, 15) is 9.59 Å². The second-order valence-electron chi connectivity index (χ2n) is 4.03. The molecule has 0 unspecified atom stereocenters. The van der Waals surface area contributed by atoms with Crippen molar-refractivity contribution in [2.24, 2.45) is 0 Å². The molecule has 1 rings (SSSR count). The van der Waals surface area contributed by atoms with Gasteiger partial charge in [-0.05, 0) is 37.7 Å². The molecule has 0 aromatic heterocycles. The van der Waals surface area contributed by atoms with E-state index in [0.717, 1.165) is 13.0 Å². The van der Waals surface area contributed by atoms with Crippen molar-refractivity contribution in [2.45, 2.75) is 19.3 Å². The number of hydrogen-bond acceptors (Lipinski definition) is 3. The fraction of sp³-hybridized carbons (Fsp3) is 0.385. The van der Waals surface area contributed by atoms with Crippen molar-refractivity contribution in [3.8, 4) is 0 Å². The van der Waals surface area contributed by atoms with Gasteiger partial charge < -0.3 is 15.7 Å². The van der Waals surface area contributed by atoms with Gasteiger partial charge in [0, 0.05) is 12.1 Å². The summed E-state index contributed by atoms with van der Waals surface area (Å²) in [4.78, 5) is 22.1. The van der Waals surface area contributed by atoms with Gasteiger partial charge in [-0.25, -0.2) is 0 Å². The number of carbonyl (C=O) groups excluding carboxylic acids is 1. The summed E-state index contributed by atoms with van der Waals surface area (Å²) in [5, 5.41) is 14.4. The second kappa shape index (κ2) is 7.45. The quantitative estimate of drug-likeness (QED) is 0.636. The van der Waals surface area contributed by atoms with Crippen molar-refractivity contribution in [1.82, 2.24) is 5.32 Å². The number of carboxylic acids is 1. The van der Waals surface area contributed by atoms with E-state index in [1.54, 1.807) is 24.3 Å². The number of carbonyl (C=O) groups is 2. The van der Waals surface area contributed by atoms with Gasteiger partial charge in [0.1, 0.15) is 0 Å². The Hall–Kier alpha value is -1.88. The highest BCUT2D eigenvalue weighted by Gasteiger charge is 2.04. The van der Waals surface area contributed by atoms with Crippen LogP contribution in [-0.2, 0) is 16.0 Å². The van der Waals surface area contributed by atoms with Crippen LogP contribution in [0.1, 0.15) is 18.4 Å². The van der Waals surface area contributed by atoms with E-state index in [0.29, 0.717) is 17.7 Å². The van der Waals surface area contributed by atoms with Crippen molar-refractivity contribution in [1.29, 1.82) is 0 Å². The summed E-state index contributed by atoms with van der Waals surface area (Å²) in [7, 11) is 1.84. The van der Waals surface area contributed by atoms with Crippen molar-refractivity contribution in [2.75, 3.05) is 18.9 Å². The van der Waals surface area contributed by atoms with Crippen molar-refractivity contribution >= 4 is 17.6 Å². The van der Waals surface area contributed by atoms with Crippen LogP contribution in [0, 0.1) is 0 Å². The van der Waals surface area contributed by atoms with E-state index in [4.69, 9.17) is 5.11 Å². The topological polar surface area (TPSA) is 78.4 Å². The van der Waals surface area contributed by atoms with Crippen LogP contribution in [-0.4, -0.2) is 30.6 Å². The first-order valence-electron chi connectivity index (χ1n) is 5.87. The van der Waals surface area contributed by atoms with Crippen LogP contribution in [0.5, 0.6) is 0 Å². The Morgan fingerprint density at radius 1 is 1.33 bits per heavy atom. The molecule has 5 heteroatoms. The first-order valence-corrected chi connectivity index (χ1v) is 5.87. The number of benzene rings is 1. The summed E-state index contributed by atoms with van der Waals surface area (Å²) in [5.74, 6) is -0.940. The molecule has 0 aliphatic rings. The highest BCUT2D eigenvalue weighted by molar-refractivity contribution is 5.90. The molecule has 1 aromatic rings. The van der Waals surface area contributed by atoms with Crippen LogP contribution in [0.2, 0.25) is 0 Å². The molecule has 0 saturated carbocycles. The van der Waals surface area contributed by atoms with Crippen LogP contribution in [0.3, 0.4) is 0 Å². The van der Waals surface area contributed by atoms with Crippen molar-refractivity contribution < 1.29 is 14.7 Å². The number of amides is 1. The van der Waals surface area contributed by atoms with Gasteiger partial charge in [0.05, 0.1) is 6.42 Å². The third-order valence-electron chi connectivity index (χ3n) is 2.40. The summed E-state index contributed by atoms with van der Waals surface area (Å²) in [6.45, 7) is 0.798. The average molecular weight is 250 g/mol. The normalized spacial score (nSPS) is 10.1. The smallest absolute Gasteiger partial charge is 0.307 e. The molecule has 0 atom stereocenters. The lowest BCUT2D eigenvalue weighted by Crippen LogP contribution is -2.15. The fourth-order valence-electron chi connectivity index (χ4n) is 1.58. The maximum absolute atomic E-state index is 11.6. The summed E-state index contributed by atoms with van der Waals surface area (Å²) in [5.41, 5.74) is 1.32. The van der Waals surface area contributed by atoms with Crippen molar-refractivity contribution in [3.05, 3.63) is 29.8 Å². The van der Waals surface area contributed by atoms with E-state index >= 15 is 0 Å². The lowest BCUT2D eigenvalue weighted by molar-refractivity contribution is -0.136. The Bertz CT molecular complexity index is 418. The van der Waals surface area contributed by atoms with E-state index < -0.39 is 5.97 Å². The standard InChI is InChI=1S/C13H18N2O3/c1-14-7-3-6-12(16)15-11-5-2-4-10(8-11)9-13(17)18/h2,4-5,8,14H,3,6-7,9H2,1H3,(H,15,16)(H,17,18). The van der Waals surface area contributed by atoms with E-state index in [2.05, 4.69) is 10.6 Å². The van der Waals surface area contributed by atoms with E-state index in [1.165, 1.54) is 0 Å². The molecule has 1 aromatic carbocycles. The molecule has 0 aliphatic heterocycles. The molecule has 0 radical (unpaired) electrons. The highest BCUT2D eigenvalue weighted by Crippen LogP contribution is 2.11. The van der Waals surface area contributed by atoms with E-state index in [1.807, 2.05) is 7.05 Å². The molecule has 0 heterocycles. The van der Waals surface area contributed by atoms with E-state index in [-0.39, 0.29) is 12.3 Å². The zero-order chi connectivity index (χ0) is 13.4. The third kappa shape index (κ3) is 5.45. The van der Waals surface area contributed by atoms with Gasteiger partial charge in [-0.15, -0.1) is 0 Å². The number of aliphatic carboxylic acids is 1. The Morgan fingerprint density at radius 2 is 2.11 bits per heavy atom. The summed E-state index contributed by atoms with van der Waals surface area (Å²) in [6, 6.07) is 6.90. The minimum atomic E-state index is -0.882. The Kier molecular flexibility index (Phi) is 5.87. The van der Waals surface area contributed by atoms with Crippen LogP contribution < -0.4 is 10.6 Å². The molecular formula is C13H18N2O3. The number of nitrogens with one attached hydrogen (secondary N) is 2. The van der Waals surface area contributed by atoms with Gasteiger partial charge in [-0.3, -0.25) is 9.59 Å². The first kappa shape index (κ1) is 14.2. The lowest BCUT2D eigenvalue weighted by atomic mass is 10.1. The van der Waals surface area contributed by atoms with Gasteiger partial charge in [0.2, 0.25) is 5.91 Å². The van der Waals surface area contributed by atoms with Gasteiger partial charge >= 0.3 is 5.97 Å². The van der Waals surface area contributed by atoms with Crippen LogP contribution >= 0.6 is 0 Å². The third-order valence-corrected chi connectivity index (χ3v) is 2.40. The monoisotopic (exact) mass is 250 g/mol. The molecule has 0 bridgehead atoms. The van der Waals surface area contributed by atoms with Crippen LogP contribution in [0.25, 0.3) is 0 Å². The maximum Gasteiger partial charge on any atom is 0.307 e. The molecule has 1 amide bonds. The maximum atomic E-state index is 11.6. The van der Waals surface area contributed by atoms with Gasteiger partial charge in [-0.1, -0.05) is 12.1 Å². The predicted molar refractivity (Wildman–Crippen MR) is 69.6 cm³/mol. The number of anilines is 1. The minimum Gasteiger partial charge on any atom is -0.481 e. The molecular weight excluding hydrogens is 232 g/mol. The molecule has 98 valence electrons. The second-order valence-corrected chi connectivity index (χ2v) is 4.03. The zero-order valence-electron chi connectivity index (χ0n) is 10.4. The van der Waals surface area contributed by atoms with Crippen molar-refractivity contribution in [3.63, 3.8) is 0 Å². The molecule has 0 spiro atoms. The molecule has 0 fully saturated rings. The summed E-state index contributed by atoms with van der Waals surface area (Å²) in [6.07, 6.45) is 1.19. The average Bonchev–Trinajstić information content (AvgIpc) is 2.28. The minimum absolute atomic E-state index is 0.0382. The number of hydrogen-bond donors (Lipinski definition) is 3. The predicted octanol–water partition coefficient (Wildman–Crippen LogP) is 1.25. The van der Waals surface area contributed by atoms with Gasteiger partial charge in [0.15, 0.2) is 0 Å². The molecule has 0 saturated heterocycles. The molecule has 18 heavy (non-hydrogen) atoms. The first-order chi connectivity index (χ1) is 8.61. The summed E-state index contributed by atoms with van der Waals surface area (Å²) >= 11 is 0. The number of carboxylic acid groups (broad SMARTS) is 1. The fourth-order valence-corrected chi connectivity index (χ4v) is 1.58. The molecule has 5 nitrogen and oxygen atoms in total. The Morgan fingerprint density at radius 3 is 2.78 bits per heavy atom. The zero-order valence-corrected chi connectivity index (χ0v) is 10.4. The van der Waals surface area contributed by atoms with Crippen LogP contribution in [0.15, 0.2) is 24.3 Å². The van der Waals surface area contributed by atoms with Gasteiger partial charge in [-0.2, -0.15) is 0 Å². The highest BCUT2D eigenvalue weighted by atomic mass is 16.4. The Balaban J connectivity index is 2.51. The lowest BCUT2D eigenvalue weighted by Gasteiger charge is -2.06. The molecule has 0 aliphatic carbocycles. The molecule has 3 N–H and O–H groups in total. The number of rotatable bonds is 7. The Labute approximate surface area is 106 Å². The SMILES string of the molecule is CNCCCC(=O)Nc1cccc(CC(=O)O)c1.